The van der Waals surface area contributed by atoms with E-state index in [0.29, 0.717) is 12.2 Å². The Morgan fingerprint density at radius 1 is 1.20 bits per heavy atom. The van der Waals surface area contributed by atoms with Gasteiger partial charge < -0.3 is 10.6 Å². The van der Waals surface area contributed by atoms with E-state index in [-0.39, 0.29) is 5.56 Å². The third kappa shape index (κ3) is 2.66. The number of benzene rings is 1. The SMILES string of the molecule is Nc1cccc(Cn2ncc(N3CCCC3)cc2=O)c1. The molecule has 1 saturated heterocycles. The molecule has 1 aliphatic rings. The number of aromatic nitrogens is 2. The van der Waals surface area contributed by atoms with Crippen LogP contribution in [0, 0.1) is 0 Å². The van der Waals surface area contributed by atoms with Gasteiger partial charge in [-0.1, -0.05) is 12.1 Å². The van der Waals surface area contributed by atoms with Gasteiger partial charge >= 0.3 is 0 Å². The molecule has 2 N–H and O–H groups in total. The number of nitrogens with zero attached hydrogens (tertiary/aromatic N) is 3. The monoisotopic (exact) mass is 270 g/mol. The number of nitrogens with two attached hydrogens (primary N) is 1. The molecular weight excluding hydrogens is 252 g/mol. The van der Waals surface area contributed by atoms with E-state index in [1.807, 2.05) is 24.3 Å². The van der Waals surface area contributed by atoms with Crippen LogP contribution in [-0.4, -0.2) is 22.9 Å². The molecule has 1 aromatic carbocycles. The van der Waals surface area contributed by atoms with E-state index in [1.54, 1.807) is 12.3 Å². The van der Waals surface area contributed by atoms with Crippen LogP contribution in [0.2, 0.25) is 0 Å². The van der Waals surface area contributed by atoms with Gasteiger partial charge in [0.15, 0.2) is 0 Å². The molecule has 0 aliphatic carbocycles. The lowest BCUT2D eigenvalue weighted by atomic mass is 10.2. The van der Waals surface area contributed by atoms with Gasteiger partial charge in [-0.2, -0.15) is 5.10 Å². The molecule has 0 saturated carbocycles. The second-order valence-electron chi connectivity index (χ2n) is 5.15. The Morgan fingerprint density at radius 2 is 2.00 bits per heavy atom. The van der Waals surface area contributed by atoms with E-state index >= 15 is 0 Å². The minimum Gasteiger partial charge on any atom is -0.399 e. The number of rotatable bonds is 3. The molecule has 2 aromatic rings. The van der Waals surface area contributed by atoms with E-state index < -0.39 is 0 Å². The first-order chi connectivity index (χ1) is 9.72. The van der Waals surface area contributed by atoms with Crippen LogP contribution in [0.5, 0.6) is 0 Å². The molecular formula is C15H18N4O. The van der Waals surface area contributed by atoms with Gasteiger partial charge in [-0.25, -0.2) is 4.68 Å². The summed E-state index contributed by atoms with van der Waals surface area (Å²) in [4.78, 5) is 14.3. The van der Waals surface area contributed by atoms with Crippen molar-refractivity contribution in [3.05, 3.63) is 52.4 Å². The minimum atomic E-state index is -0.0724. The van der Waals surface area contributed by atoms with Gasteiger partial charge in [0, 0.05) is 24.8 Å². The lowest BCUT2D eigenvalue weighted by Gasteiger charge is -2.17. The van der Waals surface area contributed by atoms with Crippen LogP contribution in [0.15, 0.2) is 41.3 Å². The topological polar surface area (TPSA) is 64.2 Å². The molecule has 0 unspecified atom stereocenters. The highest BCUT2D eigenvalue weighted by atomic mass is 16.1. The van der Waals surface area contributed by atoms with Gasteiger partial charge in [-0.3, -0.25) is 4.79 Å². The molecule has 0 radical (unpaired) electrons. The number of hydrogen-bond acceptors (Lipinski definition) is 4. The van der Waals surface area contributed by atoms with Crippen LogP contribution in [0.25, 0.3) is 0 Å². The van der Waals surface area contributed by atoms with Gasteiger partial charge in [0.1, 0.15) is 0 Å². The van der Waals surface area contributed by atoms with Crippen molar-refractivity contribution in [2.24, 2.45) is 0 Å². The minimum absolute atomic E-state index is 0.0724. The molecule has 5 heteroatoms. The second kappa shape index (κ2) is 5.36. The van der Waals surface area contributed by atoms with Crippen LogP contribution in [-0.2, 0) is 6.54 Å². The first-order valence-electron chi connectivity index (χ1n) is 6.89. The Bertz CT molecular complexity index is 659. The van der Waals surface area contributed by atoms with E-state index in [0.717, 1.165) is 24.3 Å². The maximum absolute atomic E-state index is 12.1. The maximum Gasteiger partial charge on any atom is 0.269 e. The van der Waals surface area contributed by atoms with E-state index in [2.05, 4.69) is 10.00 Å². The molecule has 0 amide bonds. The zero-order valence-corrected chi connectivity index (χ0v) is 11.3. The highest BCUT2D eigenvalue weighted by Gasteiger charge is 2.13. The van der Waals surface area contributed by atoms with Gasteiger partial charge in [-0.15, -0.1) is 0 Å². The smallest absolute Gasteiger partial charge is 0.269 e. The molecule has 1 fully saturated rings. The molecule has 0 spiro atoms. The van der Waals surface area contributed by atoms with Crippen LogP contribution in [0.1, 0.15) is 18.4 Å². The summed E-state index contributed by atoms with van der Waals surface area (Å²) in [5, 5.41) is 4.27. The molecule has 3 rings (SSSR count). The Balaban J connectivity index is 1.82. The van der Waals surface area contributed by atoms with E-state index in [1.165, 1.54) is 17.5 Å². The Labute approximate surface area is 117 Å². The molecule has 1 aromatic heterocycles. The Morgan fingerprint density at radius 3 is 2.70 bits per heavy atom. The van der Waals surface area contributed by atoms with Gasteiger partial charge in [0.2, 0.25) is 0 Å². The van der Waals surface area contributed by atoms with Crippen molar-refractivity contribution in [1.82, 2.24) is 9.78 Å². The predicted molar refractivity (Wildman–Crippen MR) is 79.9 cm³/mol. The third-order valence-corrected chi connectivity index (χ3v) is 3.61. The van der Waals surface area contributed by atoms with Gasteiger partial charge in [-0.05, 0) is 30.5 Å². The van der Waals surface area contributed by atoms with E-state index in [9.17, 15) is 4.79 Å². The summed E-state index contributed by atoms with van der Waals surface area (Å²) in [5.41, 5.74) is 8.28. The van der Waals surface area contributed by atoms with Crippen LogP contribution in [0.4, 0.5) is 11.4 Å². The highest BCUT2D eigenvalue weighted by molar-refractivity contribution is 5.44. The first-order valence-corrected chi connectivity index (χ1v) is 6.89. The fraction of sp³-hybridized carbons (Fsp3) is 0.333. The van der Waals surface area contributed by atoms with Crippen molar-refractivity contribution in [3.8, 4) is 0 Å². The lowest BCUT2D eigenvalue weighted by molar-refractivity contribution is 0.637. The Kier molecular flexibility index (Phi) is 3.41. The maximum atomic E-state index is 12.1. The van der Waals surface area contributed by atoms with Crippen LogP contribution >= 0.6 is 0 Å². The van der Waals surface area contributed by atoms with Crippen molar-refractivity contribution in [2.45, 2.75) is 19.4 Å². The molecule has 0 bridgehead atoms. The van der Waals surface area contributed by atoms with Crippen LogP contribution < -0.4 is 16.2 Å². The summed E-state index contributed by atoms with van der Waals surface area (Å²) in [6, 6.07) is 9.19. The highest BCUT2D eigenvalue weighted by Crippen LogP contribution is 2.17. The molecule has 104 valence electrons. The number of nitrogen functional groups attached to an aromatic ring is 1. The lowest BCUT2D eigenvalue weighted by Crippen LogP contribution is -2.26. The fourth-order valence-corrected chi connectivity index (χ4v) is 2.56. The van der Waals surface area contributed by atoms with Crippen LogP contribution in [0.3, 0.4) is 0 Å². The summed E-state index contributed by atoms with van der Waals surface area (Å²) in [5.74, 6) is 0. The molecule has 20 heavy (non-hydrogen) atoms. The second-order valence-corrected chi connectivity index (χ2v) is 5.15. The zero-order chi connectivity index (χ0) is 13.9. The van der Waals surface area contributed by atoms with Crippen molar-refractivity contribution in [1.29, 1.82) is 0 Å². The van der Waals surface area contributed by atoms with E-state index in [4.69, 9.17) is 5.73 Å². The fourth-order valence-electron chi connectivity index (χ4n) is 2.56. The quantitative estimate of drug-likeness (QED) is 0.858. The van der Waals surface area contributed by atoms with Crippen molar-refractivity contribution < 1.29 is 0 Å². The predicted octanol–water partition coefficient (Wildman–Crippen LogP) is 1.47. The van der Waals surface area contributed by atoms with Crippen molar-refractivity contribution in [2.75, 3.05) is 23.7 Å². The summed E-state index contributed by atoms with van der Waals surface area (Å²) < 4.78 is 1.47. The normalized spacial score (nSPS) is 14.7. The zero-order valence-electron chi connectivity index (χ0n) is 11.3. The Hall–Kier alpha value is -2.30. The van der Waals surface area contributed by atoms with Gasteiger partial charge in [0.05, 0.1) is 18.4 Å². The van der Waals surface area contributed by atoms with Crippen molar-refractivity contribution in [3.63, 3.8) is 0 Å². The largest absolute Gasteiger partial charge is 0.399 e. The molecule has 5 nitrogen and oxygen atoms in total. The summed E-state index contributed by atoms with van der Waals surface area (Å²) >= 11 is 0. The summed E-state index contributed by atoms with van der Waals surface area (Å²) in [6.07, 6.45) is 4.15. The van der Waals surface area contributed by atoms with Crippen molar-refractivity contribution >= 4 is 11.4 Å². The molecule has 0 atom stereocenters. The standard InChI is InChI=1S/C15H18N4O/c16-13-5-3-4-12(8-13)11-19-15(20)9-14(10-17-19)18-6-1-2-7-18/h3-5,8-10H,1-2,6-7,11,16H2. The first kappa shape index (κ1) is 12.7. The van der Waals surface area contributed by atoms with Gasteiger partial charge in [0.25, 0.3) is 5.56 Å². The molecule has 1 aliphatic heterocycles. The summed E-state index contributed by atoms with van der Waals surface area (Å²) in [6.45, 7) is 2.48. The average molecular weight is 270 g/mol. The summed E-state index contributed by atoms with van der Waals surface area (Å²) in [7, 11) is 0. The third-order valence-electron chi connectivity index (χ3n) is 3.61. The molecule has 2 heterocycles. The number of hydrogen-bond donors (Lipinski definition) is 1. The number of anilines is 2. The average Bonchev–Trinajstić information content (AvgIpc) is 2.95.